The number of pyridine rings is 1. The van der Waals surface area contributed by atoms with Crippen molar-refractivity contribution in [1.29, 1.82) is 0 Å². The van der Waals surface area contributed by atoms with Gasteiger partial charge in [-0.1, -0.05) is 18.2 Å². The van der Waals surface area contributed by atoms with Gasteiger partial charge in [0.15, 0.2) is 0 Å². The van der Waals surface area contributed by atoms with E-state index in [1.165, 1.54) is 0 Å². The van der Waals surface area contributed by atoms with E-state index in [4.69, 9.17) is 0 Å². The Balaban J connectivity index is 2.71. The van der Waals surface area contributed by atoms with E-state index in [1.807, 2.05) is 61.9 Å². The summed E-state index contributed by atoms with van der Waals surface area (Å²) in [7, 11) is 1.96. The van der Waals surface area contributed by atoms with Crippen LogP contribution in [-0.4, -0.2) is 5.97 Å². The largest absolute Gasteiger partial charge is 0.545 e. The summed E-state index contributed by atoms with van der Waals surface area (Å²) in [5, 5.41) is 13.1. The highest BCUT2D eigenvalue weighted by Crippen LogP contribution is 2.27. The molecule has 0 bridgehead atoms. The minimum absolute atomic E-state index is 0.284. The van der Waals surface area contributed by atoms with Crippen LogP contribution in [0.3, 0.4) is 0 Å². The van der Waals surface area contributed by atoms with Gasteiger partial charge in [-0.25, -0.2) is 0 Å². The molecule has 0 amide bonds. The van der Waals surface area contributed by atoms with Gasteiger partial charge in [-0.15, -0.1) is 0 Å². The summed E-state index contributed by atoms with van der Waals surface area (Å²) in [4.78, 5) is 11.7. The van der Waals surface area contributed by atoms with Crippen LogP contribution in [0.5, 0.6) is 0 Å². The zero-order chi connectivity index (χ0) is 14.4. The zero-order valence-corrected chi connectivity index (χ0v) is 11.7. The number of carbonyl (C=O) groups is 1. The SMILES string of the molecule is Cc1cc(C)c2c(C(=O)[O-])c3ccccc3[n+](C)c2c1. The van der Waals surface area contributed by atoms with Crippen LogP contribution in [0.2, 0.25) is 0 Å². The average molecular weight is 265 g/mol. The monoisotopic (exact) mass is 265 g/mol. The Kier molecular flexibility index (Phi) is 2.71. The first-order chi connectivity index (χ1) is 9.50. The molecule has 0 fully saturated rings. The van der Waals surface area contributed by atoms with Crippen LogP contribution in [0.4, 0.5) is 0 Å². The number of hydrogen-bond donors (Lipinski definition) is 0. The lowest BCUT2D eigenvalue weighted by atomic mass is 9.97. The molecule has 1 heterocycles. The molecule has 0 spiro atoms. The van der Waals surface area contributed by atoms with Gasteiger partial charge < -0.3 is 9.90 Å². The van der Waals surface area contributed by atoms with E-state index in [0.717, 1.165) is 32.9 Å². The van der Waals surface area contributed by atoms with E-state index in [1.54, 1.807) is 0 Å². The first-order valence-corrected chi connectivity index (χ1v) is 6.53. The second-order valence-electron chi connectivity index (χ2n) is 5.21. The number of carboxylic acid groups (broad SMARTS) is 1. The van der Waals surface area contributed by atoms with Gasteiger partial charge in [0.05, 0.1) is 16.7 Å². The third kappa shape index (κ3) is 1.67. The second-order valence-corrected chi connectivity index (χ2v) is 5.21. The summed E-state index contributed by atoms with van der Waals surface area (Å²) in [5.41, 5.74) is 4.17. The minimum Gasteiger partial charge on any atom is -0.545 e. The molecule has 0 saturated carbocycles. The van der Waals surface area contributed by atoms with E-state index >= 15 is 0 Å². The minimum atomic E-state index is -1.13. The molecule has 0 aliphatic rings. The van der Waals surface area contributed by atoms with Gasteiger partial charge in [0.1, 0.15) is 7.05 Å². The molecule has 0 aliphatic heterocycles. The molecule has 0 aliphatic carbocycles. The van der Waals surface area contributed by atoms with Crippen molar-refractivity contribution < 1.29 is 14.5 Å². The standard InChI is InChI=1S/C17H15NO2/c1-10-8-11(2)15-14(9-10)18(3)13-7-5-4-6-12(13)16(15)17(19)20/h4-9H,1-3H3. The van der Waals surface area contributed by atoms with Crippen LogP contribution < -0.4 is 9.67 Å². The maximum Gasteiger partial charge on any atom is 0.213 e. The number of nitrogens with zero attached hydrogens (tertiary/aromatic N) is 1. The van der Waals surface area contributed by atoms with Crippen molar-refractivity contribution >= 4 is 27.8 Å². The predicted molar refractivity (Wildman–Crippen MR) is 76.4 cm³/mol. The smallest absolute Gasteiger partial charge is 0.213 e. The lowest BCUT2D eigenvalue weighted by Crippen LogP contribution is -2.33. The number of carbonyl (C=O) groups excluding carboxylic acids is 1. The lowest BCUT2D eigenvalue weighted by Gasteiger charge is -2.13. The Bertz CT molecular complexity index is 866. The number of hydrogen-bond acceptors (Lipinski definition) is 2. The molecule has 100 valence electrons. The van der Waals surface area contributed by atoms with E-state index in [2.05, 4.69) is 0 Å². The fraction of sp³-hybridized carbons (Fsp3) is 0.176. The topological polar surface area (TPSA) is 44.0 Å². The first-order valence-electron chi connectivity index (χ1n) is 6.53. The summed E-state index contributed by atoms with van der Waals surface area (Å²) in [6.45, 7) is 3.96. The zero-order valence-electron chi connectivity index (χ0n) is 11.7. The van der Waals surface area contributed by atoms with Crippen LogP contribution in [-0.2, 0) is 7.05 Å². The molecule has 3 rings (SSSR count). The van der Waals surface area contributed by atoms with Crippen LogP contribution in [0.1, 0.15) is 21.5 Å². The Morgan fingerprint density at radius 2 is 1.80 bits per heavy atom. The molecule has 0 N–H and O–H groups in total. The van der Waals surface area contributed by atoms with Crippen LogP contribution in [0.25, 0.3) is 21.8 Å². The van der Waals surface area contributed by atoms with Crippen LogP contribution in [0.15, 0.2) is 36.4 Å². The number of fused-ring (bicyclic) bond motifs is 2. The maximum atomic E-state index is 11.7. The van der Waals surface area contributed by atoms with E-state index in [-0.39, 0.29) is 5.56 Å². The highest BCUT2D eigenvalue weighted by atomic mass is 16.4. The van der Waals surface area contributed by atoms with E-state index in [9.17, 15) is 9.90 Å². The number of benzene rings is 2. The van der Waals surface area contributed by atoms with Gasteiger partial charge in [-0.05, 0) is 31.0 Å². The van der Waals surface area contributed by atoms with Gasteiger partial charge in [0, 0.05) is 17.7 Å². The molecule has 0 unspecified atom stereocenters. The quantitative estimate of drug-likeness (QED) is 0.497. The van der Waals surface area contributed by atoms with Crippen molar-refractivity contribution in [3.63, 3.8) is 0 Å². The molecule has 1 aromatic heterocycles. The second kappa shape index (κ2) is 4.30. The van der Waals surface area contributed by atoms with Gasteiger partial charge in [-0.2, -0.15) is 4.57 Å². The van der Waals surface area contributed by atoms with Crippen molar-refractivity contribution in [3.8, 4) is 0 Å². The molecule has 2 aromatic carbocycles. The molecule has 3 nitrogen and oxygen atoms in total. The molecular weight excluding hydrogens is 250 g/mol. The van der Waals surface area contributed by atoms with Crippen LogP contribution in [0, 0.1) is 13.8 Å². The number of aromatic carboxylic acids is 1. The molecule has 0 atom stereocenters. The van der Waals surface area contributed by atoms with E-state index < -0.39 is 5.97 Å². The highest BCUT2D eigenvalue weighted by molar-refractivity contribution is 6.12. The number of aromatic nitrogens is 1. The number of aryl methyl sites for hydroxylation is 3. The maximum absolute atomic E-state index is 11.7. The molecule has 0 saturated heterocycles. The Morgan fingerprint density at radius 3 is 2.50 bits per heavy atom. The summed E-state index contributed by atoms with van der Waals surface area (Å²) in [6.07, 6.45) is 0. The highest BCUT2D eigenvalue weighted by Gasteiger charge is 2.19. The summed E-state index contributed by atoms with van der Waals surface area (Å²) in [6, 6.07) is 11.5. The average Bonchev–Trinajstić information content (AvgIpc) is 2.40. The third-order valence-corrected chi connectivity index (χ3v) is 3.81. The van der Waals surface area contributed by atoms with Gasteiger partial charge >= 0.3 is 0 Å². The van der Waals surface area contributed by atoms with E-state index in [0.29, 0.717) is 0 Å². The normalized spacial score (nSPS) is 11.2. The summed E-state index contributed by atoms with van der Waals surface area (Å²) >= 11 is 0. The molecule has 3 heteroatoms. The van der Waals surface area contributed by atoms with Gasteiger partial charge in [-0.3, -0.25) is 0 Å². The fourth-order valence-electron chi connectivity index (χ4n) is 2.99. The summed E-state index contributed by atoms with van der Waals surface area (Å²) in [5.74, 6) is -1.13. The van der Waals surface area contributed by atoms with Gasteiger partial charge in [0.2, 0.25) is 11.0 Å². The lowest BCUT2D eigenvalue weighted by molar-refractivity contribution is -0.617. The number of carboxylic acids is 1. The molecule has 20 heavy (non-hydrogen) atoms. The van der Waals surface area contributed by atoms with Crippen molar-refractivity contribution in [3.05, 3.63) is 53.1 Å². The molecular formula is C17H15NO2. The Morgan fingerprint density at radius 1 is 1.10 bits per heavy atom. The summed E-state index contributed by atoms with van der Waals surface area (Å²) < 4.78 is 2.04. The van der Waals surface area contributed by atoms with Gasteiger partial charge in [0.25, 0.3) is 0 Å². The van der Waals surface area contributed by atoms with Crippen molar-refractivity contribution in [2.45, 2.75) is 13.8 Å². The predicted octanol–water partition coefficient (Wildman–Crippen LogP) is 1.80. The first kappa shape index (κ1) is 12.6. The molecule has 0 radical (unpaired) electrons. The third-order valence-electron chi connectivity index (χ3n) is 3.81. The Hall–Kier alpha value is -2.42. The van der Waals surface area contributed by atoms with Crippen molar-refractivity contribution in [2.75, 3.05) is 0 Å². The van der Waals surface area contributed by atoms with Crippen LogP contribution >= 0.6 is 0 Å². The number of rotatable bonds is 1. The van der Waals surface area contributed by atoms with Crippen molar-refractivity contribution in [1.82, 2.24) is 0 Å². The molecule has 3 aromatic rings. The van der Waals surface area contributed by atoms with Crippen molar-refractivity contribution in [2.24, 2.45) is 7.05 Å². The Labute approximate surface area is 117 Å². The number of para-hydroxylation sites is 1. The fourth-order valence-corrected chi connectivity index (χ4v) is 2.99.